The summed E-state index contributed by atoms with van der Waals surface area (Å²) in [6.07, 6.45) is 2.50. The van der Waals surface area contributed by atoms with E-state index in [9.17, 15) is 0 Å². The molecule has 4 heteroatoms. The minimum absolute atomic E-state index is 0. The molecule has 1 fully saturated rings. The van der Waals surface area contributed by atoms with Crippen LogP contribution in [0.3, 0.4) is 0 Å². The Balaban J connectivity index is 0.00000208. The maximum atomic E-state index is 4.35. The van der Waals surface area contributed by atoms with Gasteiger partial charge in [-0.25, -0.2) is 0 Å². The van der Waals surface area contributed by atoms with Crippen LogP contribution in [0.15, 0.2) is 59.6 Å². The number of hydrogen-bond donors (Lipinski definition) is 2. The molecule has 0 saturated heterocycles. The molecule has 0 heterocycles. The van der Waals surface area contributed by atoms with Crippen LogP contribution in [0.25, 0.3) is 0 Å². The number of nitrogens with one attached hydrogen (secondary N) is 2. The summed E-state index contributed by atoms with van der Waals surface area (Å²) in [6.45, 7) is 3.87. The average Bonchev–Trinajstić information content (AvgIpc) is 3.38. The van der Waals surface area contributed by atoms with Crippen LogP contribution < -0.4 is 10.6 Å². The summed E-state index contributed by atoms with van der Waals surface area (Å²) in [5.41, 5.74) is 4.33. The summed E-state index contributed by atoms with van der Waals surface area (Å²) >= 11 is 0. The topological polar surface area (TPSA) is 36.4 Å². The molecule has 0 aromatic heterocycles. The largest absolute Gasteiger partial charge is 0.356 e. The number of guanidine groups is 1. The zero-order chi connectivity index (χ0) is 16.1. The van der Waals surface area contributed by atoms with Gasteiger partial charge < -0.3 is 10.6 Å². The molecule has 2 N–H and O–H groups in total. The second kappa shape index (κ2) is 8.51. The summed E-state index contributed by atoms with van der Waals surface area (Å²) in [7, 11) is 1.83. The Morgan fingerprint density at radius 1 is 1.00 bits per heavy atom. The number of aryl methyl sites for hydroxylation is 1. The first-order chi connectivity index (χ1) is 11.2. The molecule has 1 saturated carbocycles. The van der Waals surface area contributed by atoms with E-state index in [0.717, 1.165) is 19.0 Å². The van der Waals surface area contributed by atoms with Gasteiger partial charge in [0.25, 0.3) is 0 Å². The molecule has 0 radical (unpaired) electrons. The minimum atomic E-state index is 0. The van der Waals surface area contributed by atoms with Gasteiger partial charge in [0.2, 0.25) is 0 Å². The molecule has 24 heavy (non-hydrogen) atoms. The monoisotopic (exact) mass is 435 g/mol. The number of benzene rings is 2. The third-order valence-corrected chi connectivity index (χ3v) is 4.77. The third-order valence-electron chi connectivity index (χ3n) is 4.77. The number of nitrogens with zero attached hydrogens (tertiary/aromatic N) is 1. The highest BCUT2D eigenvalue weighted by Gasteiger charge is 2.43. The van der Waals surface area contributed by atoms with Crippen molar-refractivity contribution in [1.29, 1.82) is 0 Å². The van der Waals surface area contributed by atoms with Crippen LogP contribution in [0.4, 0.5) is 0 Å². The fraction of sp³-hybridized carbons (Fsp3) is 0.350. The van der Waals surface area contributed by atoms with Crippen LogP contribution in [0.1, 0.15) is 29.5 Å². The van der Waals surface area contributed by atoms with E-state index < -0.39 is 0 Å². The number of rotatable bonds is 5. The summed E-state index contributed by atoms with van der Waals surface area (Å²) in [5, 5.41) is 6.92. The van der Waals surface area contributed by atoms with E-state index in [0.29, 0.717) is 5.41 Å². The van der Waals surface area contributed by atoms with Crippen LogP contribution in [0.5, 0.6) is 0 Å². The van der Waals surface area contributed by atoms with E-state index in [1.165, 1.54) is 29.5 Å². The first-order valence-electron chi connectivity index (χ1n) is 8.28. The lowest BCUT2D eigenvalue weighted by Gasteiger charge is -2.19. The number of aliphatic imine (C=N–C) groups is 1. The van der Waals surface area contributed by atoms with Gasteiger partial charge in [-0.15, -0.1) is 24.0 Å². The molecule has 0 aliphatic heterocycles. The Labute approximate surface area is 162 Å². The highest BCUT2D eigenvalue weighted by Crippen LogP contribution is 2.47. The smallest absolute Gasteiger partial charge is 0.191 e. The van der Waals surface area contributed by atoms with Crippen molar-refractivity contribution >= 4 is 29.9 Å². The predicted octanol–water partition coefficient (Wildman–Crippen LogP) is 4.01. The molecular formula is C20H26IN3. The quantitative estimate of drug-likeness (QED) is 0.423. The van der Waals surface area contributed by atoms with Crippen LogP contribution in [0, 0.1) is 6.92 Å². The van der Waals surface area contributed by atoms with Gasteiger partial charge in [-0.1, -0.05) is 54.6 Å². The predicted molar refractivity (Wildman–Crippen MR) is 112 cm³/mol. The molecular weight excluding hydrogens is 409 g/mol. The molecule has 0 atom stereocenters. The molecule has 1 aliphatic carbocycles. The molecule has 1 aliphatic rings. The first-order valence-corrected chi connectivity index (χ1v) is 8.28. The highest BCUT2D eigenvalue weighted by atomic mass is 127. The zero-order valence-electron chi connectivity index (χ0n) is 14.4. The summed E-state index contributed by atoms with van der Waals surface area (Å²) in [5.74, 6) is 0.871. The van der Waals surface area contributed by atoms with Crippen molar-refractivity contribution in [3.05, 3.63) is 71.3 Å². The van der Waals surface area contributed by atoms with Gasteiger partial charge in [0, 0.05) is 25.6 Å². The Morgan fingerprint density at radius 2 is 1.67 bits per heavy atom. The molecule has 3 nitrogen and oxygen atoms in total. The van der Waals surface area contributed by atoms with E-state index in [2.05, 4.69) is 77.1 Å². The zero-order valence-corrected chi connectivity index (χ0v) is 16.7. The van der Waals surface area contributed by atoms with Crippen LogP contribution in [0.2, 0.25) is 0 Å². The molecule has 2 aromatic carbocycles. The summed E-state index contributed by atoms with van der Waals surface area (Å²) in [4.78, 5) is 4.35. The standard InChI is InChI=1S/C20H25N3.HI/c1-16-8-6-7-9-17(16)14-22-19(21-2)23-15-20(12-13-20)18-10-4-3-5-11-18;/h3-11H,12-15H2,1-2H3,(H2,21,22,23);1H. The van der Waals surface area contributed by atoms with E-state index >= 15 is 0 Å². The summed E-state index contributed by atoms with van der Waals surface area (Å²) < 4.78 is 0. The van der Waals surface area contributed by atoms with Crippen LogP contribution in [-0.2, 0) is 12.0 Å². The molecule has 2 aromatic rings. The van der Waals surface area contributed by atoms with Gasteiger partial charge >= 0.3 is 0 Å². The number of halogens is 1. The van der Waals surface area contributed by atoms with Crippen molar-refractivity contribution in [3.63, 3.8) is 0 Å². The van der Waals surface area contributed by atoms with Crippen molar-refractivity contribution in [2.75, 3.05) is 13.6 Å². The second-order valence-corrected chi connectivity index (χ2v) is 6.35. The molecule has 3 rings (SSSR count). The average molecular weight is 435 g/mol. The van der Waals surface area contributed by atoms with E-state index in [1.54, 1.807) is 0 Å². The Morgan fingerprint density at radius 3 is 2.29 bits per heavy atom. The summed E-state index contributed by atoms with van der Waals surface area (Å²) in [6, 6.07) is 19.2. The van der Waals surface area contributed by atoms with Crippen LogP contribution >= 0.6 is 24.0 Å². The van der Waals surface area contributed by atoms with Crippen LogP contribution in [-0.4, -0.2) is 19.6 Å². The number of hydrogen-bond acceptors (Lipinski definition) is 1. The van der Waals surface area contributed by atoms with Gasteiger partial charge in [0.05, 0.1) is 0 Å². The first kappa shape index (κ1) is 18.8. The van der Waals surface area contributed by atoms with Crippen molar-refractivity contribution in [1.82, 2.24) is 10.6 Å². The Bertz CT molecular complexity index is 678. The van der Waals surface area contributed by atoms with Crippen molar-refractivity contribution in [2.24, 2.45) is 4.99 Å². The lowest BCUT2D eigenvalue weighted by atomic mass is 9.96. The van der Waals surface area contributed by atoms with E-state index in [4.69, 9.17) is 0 Å². The van der Waals surface area contributed by atoms with Gasteiger partial charge in [0.15, 0.2) is 5.96 Å². The minimum Gasteiger partial charge on any atom is -0.356 e. The maximum absolute atomic E-state index is 4.35. The fourth-order valence-electron chi connectivity index (χ4n) is 2.97. The van der Waals surface area contributed by atoms with E-state index in [1.807, 2.05) is 7.05 Å². The highest BCUT2D eigenvalue weighted by molar-refractivity contribution is 14.0. The molecule has 0 spiro atoms. The van der Waals surface area contributed by atoms with Crippen molar-refractivity contribution in [2.45, 2.75) is 31.7 Å². The SMILES string of the molecule is CN=C(NCc1ccccc1C)NCC1(c2ccccc2)CC1.I. The Kier molecular flexibility index (Phi) is 6.66. The third kappa shape index (κ3) is 4.50. The van der Waals surface area contributed by atoms with Gasteiger partial charge in [-0.3, -0.25) is 4.99 Å². The lowest BCUT2D eigenvalue weighted by molar-refractivity contribution is 0.645. The lowest BCUT2D eigenvalue weighted by Crippen LogP contribution is -2.41. The van der Waals surface area contributed by atoms with Crippen molar-refractivity contribution < 1.29 is 0 Å². The maximum Gasteiger partial charge on any atom is 0.191 e. The molecule has 0 amide bonds. The fourth-order valence-corrected chi connectivity index (χ4v) is 2.97. The molecule has 0 unspecified atom stereocenters. The second-order valence-electron chi connectivity index (χ2n) is 6.35. The molecule has 128 valence electrons. The molecule has 0 bridgehead atoms. The van der Waals surface area contributed by atoms with Crippen molar-refractivity contribution in [3.8, 4) is 0 Å². The van der Waals surface area contributed by atoms with E-state index in [-0.39, 0.29) is 24.0 Å². The van der Waals surface area contributed by atoms with Gasteiger partial charge in [0.1, 0.15) is 0 Å². The van der Waals surface area contributed by atoms with Gasteiger partial charge in [-0.05, 0) is 36.5 Å². The van der Waals surface area contributed by atoms with Gasteiger partial charge in [-0.2, -0.15) is 0 Å². The Hall–Kier alpha value is -1.56. The normalized spacial score (nSPS) is 15.3.